The van der Waals surface area contributed by atoms with Crippen LogP contribution in [0.5, 0.6) is 0 Å². The minimum absolute atomic E-state index is 0. The molecule has 2 aliphatic heterocycles. The van der Waals surface area contributed by atoms with Gasteiger partial charge in [0.2, 0.25) is 5.95 Å². The van der Waals surface area contributed by atoms with Crippen molar-refractivity contribution in [2.75, 3.05) is 18.1 Å². The molecule has 2 fully saturated rings. The molecule has 0 radical (unpaired) electrons. The molecule has 0 bridgehead atoms. The van der Waals surface area contributed by atoms with Crippen molar-refractivity contribution >= 4 is 36.6 Å². The largest absolute Gasteiger partial charge is 1.00 e. The number of carbonyl (C=O) groups excluding carboxylic acids is 1. The van der Waals surface area contributed by atoms with E-state index in [1.165, 1.54) is 23.0 Å². The molecule has 168 valence electrons. The monoisotopic (exact) mass is 486 g/mol. The van der Waals surface area contributed by atoms with E-state index in [9.17, 15) is 19.0 Å². The summed E-state index contributed by atoms with van der Waals surface area (Å²) in [5.74, 6) is -0.998. The summed E-state index contributed by atoms with van der Waals surface area (Å²) in [6.07, 6.45) is -3.32. The average molecular weight is 486 g/mol. The number of phosphoric acid groups is 1. The Labute approximate surface area is 207 Å². The summed E-state index contributed by atoms with van der Waals surface area (Å²) < 4.78 is 34.5. The minimum Gasteiger partial charge on any atom is -0.756 e. The first-order chi connectivity index (χ1) is 15.2. The van der Waals surface area contributed by atoms with Crippen LogP contribution in [0, 0.1) is 0 Å². The Balaban J connectivity index is 0.00000259. The van der Waals surface area contributed by atoms with E-state index in [1.807, 2.05) is 0 Å². The number of imidazole rings is 1. The van der Waals surface area contributed by atoms with Gasteiger partial charge in [0, 0.05) is 5.69 Å². The number of nitrogens with two attached hydrogens (primary N) is 2. The Bertz CT molecular complexity index is 1330. The molecule has 0 spiro atoms. The van der Waals surface area contributed by atoms with Gasteiger partial charge in [-0.05, 0) is 12.1 Å². The quantitative estimate of drug-likeness (QED) is 0.141. The van der Waals surface area contributed by atoms with Gasteiger partial charge < -0.3 is 34.9 Å². The van der Waals surface area contributed by atoms with E-state index in [4.69, 9.17) is 30.0 Å². The van der Waals surface area contributed by atoms with Crippen molar-refractivity contribution in [2.45, 2.75) is 24.5 Å². The van der Waals surface area contributed by atoms with E-state index < -0.39 is 43.9 Å². The number of esters is 1. The number of hydrogen-bond acceptors (Lipinski definition) is 12. The Kier molecular flexibility index (Phi) is 6.37. The molecule has 2 aliphatic rings. The molecule has 5 atom stereocenters. The van der Waals surface area contributed by atoms with Gasteiger partial charge >= 0.3 is 35.5 Å². The maximum Gasteiger partial charge on any atom is 1.00 e. The fourth-order valence-electron chi connectivity index (χ4n) is 3.66. The van der Waals surface area contributed by atoms with Gasteiger partial charge in [-0.2, -0.15) is 4.98 Å². The number of benzene rings is 1. The van der Waals surface area contributed by atoms with Gasteiger partial charge in [0.1, 0.15) is 12.2 Å². The van der Waals surface area contributed by atoms with Crippen LogP contribution in [-0.4, -0.2) is 50.4 Å². The van der Waals surface area contributed by atoms with Crippen LogP contribution in [0.15, 0.2) is 35.4 Å². The summed E-state index contributed by atoms with van der Waals surface area (Å²) in [4.78, 5) is 47.3. The normalized spacial score (nSPS) is 28.8. The number of phosphoric ester groups is 1. The number of nitrogens with one attached hydrogen (secondary N) is 1. The topological polar surface area (TPSA) is 210 Å². The SMILES string of the molecule is Nc1nc2c(ncn2[C@@H]2O[C@@H]3COP(=O)([O-])O[C@H]3[C@H]2OC(=O)c2ccccc2N)c(=O)[nH]1.[Na+]. The van der Waals surface area contributed by atoms with Crippen molar-refractivity contribution in [1.29, 1.82) is 0 Å². The molecule has 16 heteroatoms. The van der Waals surface area contributed by atoms with E-state index in [1.54, 1.807) is 12.1 Å². The molecule has 2 aromatic heterocycles. The van der Waals surface area contributed by atoms with Crippen molar-refractivity contribution in [3.05, 3.63) is 46.5 Å². The second-order valence-corrected chi connectivity index (χ2v) is 8.47. The van der Waals surface area contributed by atoms with Crippen molar-refractivity contribution in [3.8, 4) is 0 Å². The van der Waals surface area contributed by atoms with Crippen LogP contribution in [0.25, 0.3) is 11.2 Å². The van der Waals surface area contributed by atoms with E-state index in [2.05, 4.69) is 15.0 Å². The van der Waals surface area contributed by atoms with Gasteiger partial charge in [0.15, 0.2) is 23.5 Å². The number of aromatic nitrogens is 4. The number of fused-ring (bicyclic) bond motifs is 2. The summed E-state index contributed by atoms with van der Waals surface area (Å²) >= 11 is 0. The van der Waals surface area contributed by atoms with Crippen molar-refractivity contribution in [2.24, 2.45) is 0 Å². The predicted molar refractivity (Wildman–Crippen MR) is 105 cm³/mol. The second kappa shape index (κ2) is 8.81. The van der Waals surface area contributed by atoms with Crippen LogP contribution in [0.2, 0.25) is 0 Å². The van der Waals surface area contributed by atoms with Crippen LogP contribution >= 0.6 is 7.82 Å². The van der Waals surface area contributed by atoms with Crippen LogP contribution < -0.4 is 51.5 Å². The third kappa shape index (κ3) is 4.32. The molecule has 0 aliphatic carbocycles. The minimum atomic E-state index is -4.65. The Morgan fingerprint density at radius 2 is 2.09 bits per heavy atom. The second-order valence-electron chi connectivity index (χ2n) is 7.11. The van der Waals surface area contributed by atoms with Gasteiger partial charge in [-0.3, -0.25) is 18.9 Å². The van der Waals surface area contributed by atoms with Crippen LogP contribution in [0.3, 0.4) is 0 Å². The molecule has 0 saturated carbocycles. The molecular formula is C17H16N6NaO8P. The number of aromatic amines is 1. The summed E-state index contributed by atoms with van der Waals surface area (Å²) in [7, 11) is -4.65. The molecule has 5 N–H and O–H groups in total. The molecule has 4 heterocycles. The zero-order valence-electron chi connectivity index (χ0n) is 17.1. The van der Waals surface area contributed by atoms with Crippen LogP contribution in [-0.2, 0) is 23.1 Å². The Morgan fingerprint density at radius 1 is 1.33 bits per heavy atom. The Morgan fingerprint density at radius 3 is 2.85 bits per heavy atom. The Hall–Kier alpha value is -2.29. The molecule has 14 nitrogen and oxygen atoms in total. The zero-order chi connectivity index (χ0) is 22.6. The number of nitrogen functional groups attached to an aromatic ring is 2. The summed E-state index contributed by atoms with van der Waals surface area (Å²) in [6, 6.07) is 6.21. The summed E-state index contributed by atoms with van der Waals surface area (Å²) in [5, 5.41) is 0. The van der Waals surface area contributed by atoms with Crippen molar-refractivity contribution < 1.29 is 62.3 Å². The maximum atomic E-state index is 12.8. The van der Waals surface area contributed by atoms with E-state index >= 15 is 0 Å². The van der Waals surface area contributed by atoms with Gasteiger partial charge in [-0.1, -0.05) is 12.1 Å². The smallest absolute Gasteiger partial charge is 0.756 e. The molecule has 33 heavy (non-hydrogen) atoms. The van der Waals surface area contributed by atoms with E-state index in [0.29, 0.717) is 0 Å². The number of carbonyl (C=O) groups is 1. The molecule has 1 unspecified atom stereocenters. The number of rotatable bonds is 3. The van der Waals surface area contributed by atoms with Crippen molar-refractivity contribution in [1.82, 2.24) is 19.5 Å². The van der Waals surface area contributed by atoms with Crippen molar-refractivity contribution in [3.63, 3.8) is 0 Å². The fraction of sp³-hybridized carbons (Fsp3) is 0.294. The first kappa shape index (κ1) is 23.9. The third-order valence-corrected chi connectivity index (χ3v) is 6.05. The number of ether oxygens (including phenoxy) is 2. The molecule has 2 saturated heterocycles. The molecule has 5 rings (SSSR count). The van der Waals surface area contributed by atoms with Crippen LogP contribution in [0.1, 0.15) is 16.6 Å². The average Bonchev–Trinajstić information content (AvgIpc) is 3.29. The maximum absolute atomic E-state index is 12.8. The van der Waals surface area contributed by atoms with Gasteiger partial charge in [0.25, 0.3) is 13.4 Å². The first-order valence-corrected chi connectivity index (χ1v) is 10.8. The standard InChI is InChI=1S/C17H17N6O8P.Na/c18-8-4-2-1-3-7(8)16(25)30-12-11-9(5-28-32(26,27)31-11)29-15(12)23-6-20-10-13(23)21-17(19)22-14(10)24;/h1-4,6,9,11-12,15H,5,18H2,(H,26,27)(H3,19,21,22,24);/q;+1/p-1/t9-,11-,12-,15-;/m1./s1. The van der Waals surface area contributed by atoms with E-state index in [0.717, 1.165) is 0 Å². The number of H-pyrrole nitrogens is 1. The molecule has 1 aromatic carbocycles. The van der Waals surface area contributed by atoms with Gasteiger partial charge in [-0.15, -0.1) is 0 Å². The fourth-order valence-corrected chi connectivity index (χ4v) is 4.61. The first-order valence-electron chi connectivity index (χ1n) is 9.31. The third-order valence-electron chi connectivity index (χ3n) is 5.08. The predicted octanol–water partition coefficient (Wildman–Crippen LogP) is -3.71. The molecule has 3 aromatic rings. The summed E-state index contributed by atoms with van der Waals surface area (Å²) in [6.45, 7) is -0.355. The zero-order valence-corrected chi connectivity index (χ0v) is 20.0. The van der Waals surface area contributed by atoms with E-state index in [-0.39, 0.29) is 64.5 Å². The van der Waals surface area contributed by atoms with Crippen LogP contribution in [0.4, 0.5) is 11.6 Å². The molecular weight excluding hydrogens is 470 g/mol. The number of nitrogens with zero attached hydrogens (tertiary/aromatic N) is 3. The number of anilines is 2. The molecule has 0 amide bonds. The number of hydrogen-bond donors (Lipinski definition) is 3. The van der Waals surface area contributed by atoms with Gasteiger partial charge in [0.05, 0.1) is 18.5 Å². The van der Waals surface area contributed by atoms with Gasteiger partial charge in [-0.25, -0.2) is 9.78 Å². The summed E-state index contributed by atoms with van der Waals surface area (Å²) in [5.41, 5.74) is 11.1. The number of para-hydroxylation sites is 1.